The number of nitrogens with one attached hydrogen (secondary N) is 2. The van der Waals surface area contributed by atoms with Crippen LogP contribution < -0.4 is 10.6 Å². The van der Waals surface area contributed by atoms with Gasteiger partial charge in [0.1, 0.15) is 11.4 Å². The molecule has 0 saturated carbocycles. The van der Waals surface area contributed by atoms with Gasteiger partial charge in [-0.1, -0.05) is 0 Å². The molecule has 0 radical (unpaired) electrons. The Kier molecular flexibility index (Phi) is 7.13. The Morgan fingerprint density at radius 1 is 1.03 bits per heavy atom. The first-order valence-corrected chi connectivity index (χ1v) is 11.3. The molecule has 1 fully saturated rings. The van der Waals surface area contributed by atoms with Crippen molar-refractivity contribution in [1.29, 1.82) is 0 Å². The number of carbonyl (C=O) groups excluding carboxylic acids is 1. The lowest BCUT2D eigenvalue weighted by atomic mass is 10.1. The van der Waals surface area contributed by atoms with E-state index in [1.807, 2.05) is 6.92 Å². The lowest BCUT2D eigenvalue weighted by Gasteiger charge is -2.33. The smallest absolute Gasteiger partial charge is 0.347 e. The number of likely N-dealkylation sites (tertiary alicyclic amines) is 1. The summed E-state index contributed by atoms with van der Waals surface area (Å²) in [4.78, 5) is 23.0. The quantitative estimate of drug-likeness (QED) is 0.441. The molecule has 14 heteroatoms. The van der Waals surface area contributed by atoms with E-state index in [1.54, 1.807) is 7.05 Å². The monoisotopic (exact) mass is 527 g/mol. The number of rotatable bonds is 7. The van der Waals surface area contributed by atoms with Crippen LogP contribution in [0.4, 0.5) is 38.0 Å². The van der Waals surface area contributed by atoms with Crippen molar-refractivity contribution in [3.63, 3.8) is 0 Å². The van der Waals surface area contributed by atoms with Gasteiger partial charge in [0.2, 0.25) is 5.95 Å². The van der Waals surface area contributed by atoms with Crippen molar-refractivity contribution in [2.75, 3.05) is 25.0 Å². The number of hydrogen-bond donors (Lipinski definition) is 2. The molecule has 0 spiro atoms. The van der Waals surface area contributed by atoms with Crippen LogP contribution in [-0.4, -0.2) is 56.2 Å². The van der Waals surface area contributed by atoms with Crippen molar-refractivity contribution in [3.8, 4) is 11.4 Å². The van der Waals surface area contributed by atoms with Gasteiger partial charge in [0.25, 0.3) is 5.91 Å². The minimum atomic E-state index is -4.99. The summed E-state index contributed by atoms with van der Waals surface area (Å²) in [5, 5.41) is 9.58. The van der Waals surface area contributed by atoms with Gasteiger partial charge in [0.15, 0.2) is 0 Å². The lowest BCUT2D eigenvalue weighted by molar-refractivity contribution is -0.143. The second-order valence-electron chi connectivity index (χ2n) is 8.75. The molecule has 1 aliphatic heterocycles. The SMILES string of the molecule is CC(CN1CCC1)NC(=O)c1cc(-c2ccnc(Nc3cc(C(F)(F)F)cc(C(F)(F)F)c3)n2)nn1C. The summed E-state index contributed by atoms with van der Waals surface area (Å²) in [5.41, 5.74) is -2.69. The van der Waals surface area contributed by atoms with E-state index >= 15 is 0 Å². The minimum absolute atomic E-state index is 0.0351. The molecule has 1 unspecified atom stereocenters. The summed E-state index contributed by atoms with van der Waals surface area (Å²) in [7, 11) is 1.57. The maximum atomic E-state index is 13.2. The van der Waals surface area contributed by atoms with Crippen LogP contribution >= 0.6 is 0 Å². The molecule has 0 bridgehead atoms. The lowest BCUT2D eigenvalue weighted by Crippen LogP contribution is -2.47. The van der Waals surface area contributed by atoms with Crippen molar-refractivity contribution in [2.24, 2.45) is 7.05 Å². The van der Waals surface area contributed by atoms with Crippen LogP contribution in [0.5, 0.6) is 0 Å². The molecule has 1 aromatic carbocycles. The summed E-state index contributed by atoms with van der Waals surface area (Å²) < 4.78 is 80.3. The predicted molar refractivity (Wildman–Crippen MR) is 122 cm³/mol. The molecule has 1 saturated heterocycles. The molecule has 37 heavy (non-hydrogen) atoms. The van der Waals surface area contributed by atoms with E-state index in [4.69, 9.17) is 0 Å². The van der Waals surface area contributed by atoms with Gasteiger partial charge in [-0.05, 0) is 56.8 Å². The molecule has 3 heterocycles. The minimum Gasteiger partial charge on any atom is -0.347 e. The van der Waals surface area contributed by atoms with Crippen LogP contribution in [0.1, 0.15) is 35.0 Å². The van der Waals surface area contributed by atoms with E-state index in [0.29, 0.717) is 12.1 Å². The van der Waals surface area contributed by atoms with E-state index in [9.17, 15) is 31.1 Å². The van der Waals surface area contributed by atoms with Gasteiger partial charge in [-0.15, -0.1) is 0 Å². The summed E-state index contributed by atoms with van der Waals surface area (Å²) in [6.45, 7) is 4.62. The number of carbonyl (C=O) groups is 1. The fraction of sp³-hybridized carbons (Fsp3) is 0.391. The highest BCUT2D eigenvalue weighted by Gasteiger charge is 2.37. The zero-order valence-electron chi connectivity index (χ0n) is 19.8. The zero-order valence-corrected chi connectivity index (χ0v) is 19.8. The third-order valence-electron chi connectivity index (χ3n) is 5.73. The molecular weight excluding hydrogens is 504 g/mol. The fourth-order valence-corrected chi connectivity index (χ4v) is 3.82. The van der Waals surface area contributed by atoms with Gasteiger partial charge < -0.3 is 15.5 Å². The number of hydrogen-bond acceptors (Lipinski definition) is 6. The number of nitrogens with zero attached hydrogens (tertiary/aromatic N) is 5. The van der Waals surface area contributed by atoms with Crippen LogP contribution in [0, 0.1) is 0 Å². The largest absolute Gasteiger partial charge is 0.416 e. The second-order valence-corrected chi connectivity index (χ2v) is 8.75. The average Bonchev–Trinajstić information content (AvgIpc) is 3.17. The Morgan fingerprint density at radius 2 is 1.68 bits per heavy atom. The summed E-state index contributed by atoms with van der Waals surface area (Å²) in [6.07, 6.45) is -7.57. The summed E-state index contributed by atoms with van der Waals surface area (Å²) in [5.74, 6) is -0.588. The molecule has 1 atom stereocenters. The second kappa shape index (κ2) is 10.00. The Hall–Kier alpha value is -3.68. The number of aromatic nitrogens is 4. The van der Waals surface area contributed by atoms with E-state index in [-0.39, 0.29) is 41.0 Å². The summed E-state index contributed by atoms with van der Waals surface area (Å²) >= 11 is 0. The molecule has 2 aromatic heterocycles. The number of halogens is 6. The Bertz CT molecular complexity index is 1250. The van der Waals surface area contributed by atoms with E-state index in [1.165, 1.54) is 23.0 Å². The van der Waals surface area contributed by atoms with Gasteiger partial charge in [-0.2, -0.15) is 31.4 Å². The maximum absolute atomic E-state index is 13.2. The van der Waals surface area contributed by atoms with Crippen molar-refractivity contribution < 1.29 is 31.1 Å². The predicted octanol–water partition coefficient (Wildman–Crippen LogP) is 4.48. The Morgan fingerprint density at radius 3 is 2.24 bits per heavy atom. The number of benzene rings is 1. The molecule has 4 rings (SSSR count). The van der Waals surface area contributed by atoms with E-state index in [2.05, 4.69) is 30.6 Å². The third-order valence-corrected chi connectivity index (χ3v) is 5.73. The first-order valence-electron chi connectivity index (χ1n) is 11.3. The first-order chi connectivity index (χ1) is 17.3. The molecule has 0 aliphatic carbocycles. The summed E-state index contributed by atoms with van der Waals surface area (Å²) in [6, 6.07) is 3.97. The van der Waals surface area contributed by atoms with Crippen LogP contribution in [0.25, 0.3) is 11.4 Å². The normalized spacial score (nSPS) is 15.2. The van der Waals surface area contributed by atoms with Crippen LogP contribution in [0.2, 0.25) is 0 Å². The van der Waals surface area contributed by atoms with Gasteiger partial charge in [-0.25, -0.2) is 9.97 Å². The molecule has 8 nitrogen and oxygen atoms in total. The third kappa shape index (κ3) is 6.37. The van der Waals surface area contributed by atoms with Crippen LogP contribution in [0.15, 0.2) is 36.5 Å². The molecule has 198 valence electrons. The van der Waals surface area contributed by atoms with Crippen molar-refractivity contribution in [3.05, 3.63) is 53.3 Å². The van der Waals surface area contributed by atoms with Gasteiger partial charge in [0, 0.05) is 31.5 Å². The van der Waals surface area contributed by atoms with Gasteiger partial charge >= 0.3 is 12.4 Å². The Labute approximate surface area is 207 Å². The maximum Gasteiger partial charge on any atom is 0.416 e. The van der Waals surface area contributed by atoms with Gasteiger partial charge in [0.05, 0.1) is 16.8 Å². The van der Waals surface area contributed by atoms with Gasteiger partial charge in [-0.3, -0.25) is 9.48 Å². The van der Waals surface area contributed by atoms with Crippen molar-refractivity contribution in [2.45, 2.75) is 31.7 Å². The van der Waals surface area contributed by atoms with Crippen molar-refractivity contribution in [1.82, 2.24) is 30.0 Å². The fourth-order valence-electron chi connectivity index (χ4n) is 3.82. The number of anilines is 2. The number of amides is 1. The molecule has 1 amide bonds. The average molecular weight is 527 g/mol. The van der Waals surface area contributed by atoms with Crippen LogP contribution in [-0.2, 0) is 19.4 Å². The Balaban J connectivity index is 1.54. The van der Waals surface area contributed by atoms with E-state index in [0.717, 1.165) is 26.1 Å². The van der Waals surface area contributed by atoms with E-state index < -0.39 is 29.2 Å². The molecule has 1 aliphatic rings. The first kappa shape index (κ1) is 26.4. The number of alkyl halides is 6. The van der Waals surface area contributed by atoms with Crippen LogP contribution in [0.3, 0.4) is 0 Å². The number of aryl methyl sites for hydroxylation is 1. The highest BCUT2D eigenvalue weighted by molar-refractivity contribution is 5.93. The molecule has 3 aromatic rings. The van der Waals surface area contributed by atoms with Crippen molar-refractivity contribution >= 4 is 17.5 Å². The highest BCUT2D eigenvalue weighted by Crippen LogP contribution is 2.38. The highest BCUT2D eigenvalue weighted by atomic mass is 19.4. The topological polar surface area (TPSA) is 88.0 Å². The standard InChI is InChI=1S/C23H23F6N7O/c1-13(12-36-6-3-7-36)31-20(37)19-11-18(34-35(19)2)17-4-5-30-21(33-17)32-16-9-14(22(24,25)26)8-15(10-16)23(27,28)29/h4-5,8-11,13H,3,6-7,12H2,1-2H3,(H,31,37)(H,30,32,33). The molecule has 2 N–H and O–H groups in total. The molecular formula is C23H23F6N7O. The zero-order chi connectivity index (χ0) is 27.0.